The third kappa shape index (κ3) is 6.25. The van der Waals surface area contributed by atoms with Crippen molar-refractivity contribution < 1.29 is 9.18 Å². The van der Waals surface area contributed by atoms with Gasteiger partial charge in [-0.25, -0.2) is 9.37 Å². The number of hydrogen-bond donors (Lipinski definition) is 1. The van der Waals surface area contributed by atoms with Crippen LogP contribution in [0.25, 0.3) is 6.08 Å². The average molecular weight is 416 g/mol. The van der Waals surface area contributed by atoms with Gasteiger partial charge in [0.05, 0.1) is 6.33 Å². The van der Waals surface area contributed by atoms with Gasteiger partial charge in [-0.1, -0.05) is 29.4 Å². The molecule has 28 heavy (non-hydrogen) atoms. The minimum Gasteiger partial charge on any atom is -0.352 e. The lowest BCUT2D eigenvalue weighted by Crippen LogP contribution is -2.22. The van der Waals surface area contributed by atoms with E-state index in [9.17, 15) is 9.18 Å². The molecule has 0 saturated heterocycles. The Bertz CT molecular complexity index is 943. The molecule has 1 amide bonds. The molecule has 0 aliphatic rings. The number of benzene rings is 2. The number of aromatic nitrogens is 2. The molecule has 2 aromatic carbocycles. The maximum absolute atomic E-state index is 13.0. The van der Waals surface area contributed by atoms with E-state index in [4.69, 9.17) is 11.6 Å². The molecule has 0 saturated carbocycles. The van der Waals surface area contributed by atoms with Crippen molar-refractivity contribution in [3.05, 3.63) is 83.7 Å². The van der Waals surface area contributed by atoms with Crippen molar-refractivity contribution in [3.8, 4) is 0 Å². The van der Waals surface area contributed by atoms with Crippen LogP contribution in [0.1, 0.15) is 12.0 Å². The predicted molar refractivity (Wildman–Crippen MR) is 111 cm³/mol. The number of nitrogens with zero attached hydrogens (tertiary/aromatic N) is 2. The van der Waals surface area contributed by atoms with Gasteiger partial charge >= 0.3 is 0 Å². The first-order valence-corrected chi connectivity index (χ1v) is 9.94. The summed E-state index contributed by atoms with van der Waals surface area (Å²) >= 11 is 7.82. The Kier molecular flexibility index (Phi) is 7.28. The van der Waals surface area contributed by atoms with Crippen LogP contribution in [0.3, 0.4) is 0 Å². The zero-order valence-corrected chi connectivity index (χ0v) is 16.6. The summed E-state index contributed by atoms with van der Waals surface area (Å²) in [6.07, 6.45) is 9.37. The summed E-state index contributed by atoms with van der Waals surface area (Å²) in [5.74, 6) is -0.422. The Labute approximate surface area is 172 Å². The summed E-state index contributed by atoms with van der Waals surface area (Å²) in [7, 11) is 0. The van der Waals surface area contributed by atoms with Crippen LogP contribution in [0.4, 0.5) is 4.39 Å². The number of nitrogens with one attached hydrogen (secondary N) is 1. The van der Waals surface area contributed by atoms with E-state index in [2.05, 4.69) is 10.3 Å². The Morgan fingerprint density at radius 2 is 2.00 bits per heavy atom. The van der Waals surface area contributed by atoms with E-state index in [0.29, 0.717) is 11.6 Å². The molecule has 1 aromatic heterocycles. The van der Waals surface area contributed by atoms with Crippen LogP contribution >= 0.6 is 23.4 Å². The lowest BCUT2D eigenvalue weighted by Gasteiger charge is -2.05. The number of rotatable bonds is 8. The fourth-order valence-corrected chi connectivity index (χ4v) is 3.63. The first kappa shape index (κ1) is 20.2. The largest absolute Gasteiger partial charge is 0.352 e. The van der Waals surface area contributed by atoms with Gasteiger partial charge in [0.15, 0.2) is 0 Å². The van der Waals surface area contributed by atoms with E-state index in [1.54, 1.807) is 30.7 Å². The Morgan fingerprint density at radius 3 is 2.71 bits per heavy atom. The molecule has 0 bridgehead atoms. The normalized spacial score (nSPS) is 11.1. The first-order chi connectivity index (χ1) is 13.6. The second kappa shape index (κ2) is 10.1. The zero-order chi connectivity index (χ0) is 19.8. The lowest BCUT2D eigenvalue weighted by atomic mass is 10.2. The van der Waals surface area contributed by atoms with Crippen LogP contribution in [-0.2, 0) is 11.3 Å². The minimum absolute atomic E-state index is 0.161. The second-order valence-electron chi connectivity index (χ2n) is 6.02. The molecule has 0 fully saturated rings. The SMILES string of the molecule is O=C(C=Cc1ccc(Sc2ccc(F)cc2)cc1Cl)NCCCn1ccnc1. The van der Waals surface area contributed by atoms with Crippen molar-refractivity contribution in [1.82, 2.24) is 14.9 Å². The molecular formula is C21H19ClFN3OS. The molecule has 0 unspecified atom stereocenters. The molecule has 1 N–H and O–H groups in total. The third-order valence-electron chi connectivity index (χ3n) is 3.89. The highest BCUT2D eigenvalue weighted by Gasteiger charge is 2.03. The van der Waals surface area contributed by atoms with Crippen LogP contribution in [0.15, 0.2) is 77.1 Å². The van der Waals surface area contributed by atoms with Gasteiger partial charge in [-0.05, 0) is 54.5 Å². The summed E-state index contributed by atoms with van der Waals surface area (Å²) in [5, 5.41) is 3.40. The van der Waals surface area contributed by atoms with Gasteiger partial charge in [0.25, 0.3) is 0 Å². The summed E-state index contributed by atoms with van der Waals surface area (Å²) in [5.41, 5.74) is 0.763. The number of carbonyl (C=O) groups is 1. The van der Waals surface area contributed by atoms with E-state index >= 15 is 0 Å². The van der Waals surface area contributed by atoms with Crippen LogP contribution in [0.2, 0.25) is 5.02 Å². The van der Waals surface area contributed by atoms with E-state index in [-0.39, 0.29) is 11.7 Å². The maximum Gasteiger partial charge on any atom is 0.244 e. The van der Waals surface area contributed by atoms with Gasteiger partial charge in [-0.2, -0.15) is 0 Å². The molecule has 0 aliphatic carbocycles. The van der Waals surface area contributed by atoms with Crippen molar-refractivity contribution in [1.29, 1.82) is 0 Å². The molecule has 3 aromatic rings. The molecule has 0 spiro atoms. The fraction of sp³-hybridized carbons (Fsp3) is 0.143. The highest BCUT2D eigenvalue weighted by Crippen LogP contribution is 2.31. The van der Waals surface area contributed by atoms with E-state index < -0.39 is 0 Å². The van der Waals surface area contributed by atoms with Crippen molar-refractivity contribution in [2.24, 2.45) is 0 Å². The molecule has 0 atom stereocenters. The standard InChI is InChI=1S/C21H19ClFN3OS/c22-20-14-19(28-18-7-4-17(23)5-8-18)6-2-16(20)3-9-21(27)25-10-1-12-26-13-11-24-15-26/h2-9,11,13-15H,1,10,12H2,(H,25,27). The number of hydrogen-bond acceptors (Lipinski definition) is 3. The van der Waals surface area contributed by atoms with Crippen molar-refractivity contribution in [2.45, 2.75) is 22.8 Å². The third-order valence-corrected chi connectivity index (χ3v) is 5.21. The lowest BCUT2D eigenvalue weighted by molar-refractivity contribution is -0.116. The van der Waals surface area contributed by atoms with Crippen LogP contribution < -0.4 is 5.32 Å². The predicted octanol–water partition coefficient (Wildman–Crippen LogP) is 5.05. The second-order valence-corrected chi connectivity index (χ2v) is 7.57. The Morgan fingerprint density at radius 1 is 1.21 bits per heavy atom. The van der Waals surface area contributed by atoms with Gasteiger partial charge < -0.3 is 9.88 Å². The van der Waals surface area contributed by atoms with Crippen LogP contribution in [0, 0.1) is 5.82 Å². The number of amides is 1. The number of carbonyl (C=O) groups excluding carboxylic acids is 1. The number of imidazole rings is 1. The van der Waals surface area contributed by atoms with Crippen molar-refractivity contribution in [3.63, 3.8) is 0 Å². The number of halogens is 2. The van der Waals surface area contributed by atoms with E-state index in [1.807, 2.05) is 29.0 Å². The Hall–Kier alpha value is -2.57. The van der Waals surface area contributed by atoms with E-state index in [1.165, 1.54) is 30.0 Å². The molecular weight excluding hydrogens is 397 g/mol. The molecule has 7 heteroatoms. The van der Waals surface area contributed by atoms with Crippen LogP contribution in [0.5, 0.6) is 0 Å². The maximum atomic E-state index is 13.0. The van der Waals surface area contributed by atoms with Crippen molar-refractivity contribution in [2.75, 3.05) is 6.54 Å². The summed E-state index contributed by atoms with van der Waals surface area (Å²) in [4.78, 5) is 17.8. The van der Waals surface area contributed by atoms with Crippen LogP contribution in [-0.4, -0.2) is 22.0 Å². The number of aryl methyl sites for hydroxylation is 1. The average Bonchev–Trinajstić information content (AvgIpc) is 3.20. The summed E-state index contributed by atoms with van der Waals surface area (Å²) in [6.45, 7) is 1.39. The monoisotopic (exact) mass is 415 g/mol. The summed E-state index contributed by atoms with van der Waals surface area (Å²) < 4.78 is 14.9. The van der Waals surface area contributed by atoms with Gasteiger partial charge in [0.1, 0.15) is 5.82 Å². The highest BCUT2D eigenvalue weighted by atomic mass is 35.5. The first-order valence-electron chi connectivity index (χ1n) is 8.75. The molecule has 4 nitrogen and oxygen atoms in total. The fourth-order valence-electron chi connectivity index (χ4n) is 2.46. The molecule has 3 rings (SSSR count). The molecule has 0 radical (unpaired) electrons. The van der Waals surface area contributed by atoms with Gasteiger partial charge in [-0.15, -0.1) is 0 Å². The van der Waals surface area contributed by atoms with Crippen molar-refractivity contribution >= 4 is 35.3 Å². The zero-order valence-electron chi connectivity index (χ0n) is 15.0. The summed E-state index contributed by atoms with van der Waals surface area (Å²) in [6, 6.07) is 11.9. The molecule has 144 valence electrons. The quantitative estimate of drug-likeness (QED) is 0.414. The molecule has 0 aliphatic heterocycles. The topological polar surface area (TPSA) is 46.9 Å². The Balaban J connectivity index is 1.49. The smallest absolute Gasteiger partial charge is 0.244 e. The minimum atomic E-state index is -0.261. The van der Waals surface area contributed by atoms with Gasteiger partial charge in [0, 0.05) is 46.4 Å². The van der Waals surface area contributed by atoms with E-state index in [0.717, 1.165) is 28.3 Å². The molecule has 1 heterocycles. The van der Waals surface area contributed by atoms with Gasteiger partial charge in [-0.3, -0.25) is 4.79 Å². The van der Waals surface area contributed by atoms with Gasteiger partial charge in [0.2, 0.25) is 5.91 Å². The highest BCUT2D eigenvalue weighted by molar-refractivity contribution is 7.99.